The van der Waals surface area contributed by atoms with Gasteiger partial charge in [0.1, 0.15) is 0 Å². The predicted octanol–water partition coefficient (Wildman–Crippen LogP) is 2.80. The van der Waals surface area contributed by atoms with Gasteiger partial charge in [-0.1, -0.05) is 0 Å². The summed E-state index contributed by atoms with van der Waals surface area (Å²) in [5.41, 5.74) is -0.0226. The molecule has 0 radical (unpaired) electrons. The summed E-state index contributed by atoms with van der Waals surface area (Å²) in [7, 11) is 0. The van der Waals surface area contributed by atoms with E-state index in [1.54, 1.807) is 6.20 Å². The second kappa shape index (κ2) is 3.47. The van der Waals surface area contributed by atoms with E-state index >= 15 is 0 Å². The Hall–Kier alpha value is -0.680. The first-order chi connectivity index (χ1) is 6.61. The number of aromatic nitrogens is 2. The summed E-state index contributed by atoms with van der Waals surface area (Å²) in [5.74, 6) is 0. The van der Waals surface area contributed by atoms with Crippen LogP contribution >= 0.6 is 27.3 Å². The molecule has 2 aromatic heterocycles. The molecule has 2 rings (SSSR count). The molecule has 0 atom stereocenters. The first-order valence-corrected chi connectivity index (χ1v) is 5.93. The third-order valence-electron chi connectivity index (χ3n) is 1.99. The lowest BCUT2D eigenvalue weighted by Crippen LogP contribution is -2.23. The molecule has 0 saturated heterocycles. The van der Waals surface area contributed by atoms with Crippen molar-refractivity contribution in [3.05, 3.63) is 26.4 Å². The van der Waals surface area contributed by atoms with Gasteiger partial charge >= 0.3 is 0 Å². The molecule has 0 fully saturated rings. The molecule has 0 spiro atoms. The van der Waals surface area contributed by atoms with Gasteiger partial charge in [0.2, 0.25) is 0 Å². The van der Waals surface area contributed by atoms with Gasteiger partial charge in [-0.05, 0) is 29.8 Å². The van der Waals surface area contributed by atoms with Crippen molar-refractivity contribution in [2.45, 2.75) is 19.9 Å². The number of fused-ring (bicyclic) bond motifs is 1. The normalized spacial score (nSPS) is 11.4. The van der Waals surface area contributed by atoms with Crippen molar-refractivity contribution in [3.63, 3.8) is 0 Å². The number of halogens is 1. The van der Waals surface area contributed by atoms with Gasteiger partial charge in [0, 0.05) is 9.85 Å². The van der Waals surface area contributed by atoms with Crippen molar-refractivity contribution in [3.8, 4) is 0 Å². The van der Waals surface area contributed by atoms with Gasteiger partial charge in [-0.2, -0.15) is 5.10 Å². The fraction of sp³-hybridized carbons (Fsp3) is 0.333. The number of hydrogen-bond donors (Lipinski definition) is 0. The quantitative estimate of drug-likeness (QED) is 0.800. The van der Waals surface area contributed by atoms with Crippen molar-refractivity contribution in [1.29, 1.82) is 0 Å². The molecule has 2 aromatic rings. The van der Waals surface area contributed by atoms with Crippen molar-refractivity contribution >= 4 is 37.4 Å². The maximum Gasteiger partial charge on any atom is 0.276 e. The molecule has 3 nitrogen and oxygen atoms in total. The standard InChI is InChI=1S/C9H9BrN2OS/c1-5(2)12-9(13)8-6(10)4-14-7(8)3-11-12/h3-5H,1-2H3. The second-order valence-electron chi connectivity index (χ2n) is 3.31. The van der Waals surface area contributed by atoms with E-state index in [0.29, 0.717) is 0 Å². The summed E-state index contributed by atoms with van der Waals surface area (Å²) in [6, 6.07) is 0.0960. The van der Waals surface area contributed by atoms with Crippen LogP contribution in [0, 0.1) is 0 Å². The highest BCUT2D eigenvalue weighted by molar-refractivity contribution is 9.10. The SMILES string of the molecule is CC(C)n1ncc2scc(Br)c2c1=O. The summed E-state index contributed by atoms with van der Waals surface area (Å²) in [6.45, 7) is 3.89. The maximum absolute atomic E-state index is 11.9. The minimum absolute atomic E-state index is 0.0226. The zero-order valence-corrected chi connectivity index (χ0v) is 10.2. The Kier molecular flexibility index (Phi) is 2.45. The molecule has 14 heavy (non-hydrogen) atoms. The van der Waals surface area contributed by atoms with Crippen molar-refractivity contribution < 1.29 is 0 Å². The van der Waals surface area contributed by atoms with E-state index in [9.17, 15) is 4.79 Å². The predicted molar refractivity (Wildman–Crippen MR) is 62.0 cm³/mol. The van der Waals surface area contributed by atoms with E-state index in [-0.39, 0.29) is 11.6 Å². The first-order valence-electron chi connectivity index (χ1n) is 4.25. The van der Waals surface area contributed by atoms with Crippen LogP contribution in [-0.2, 0) is 0 Å². The van der Waals surface area contributed by atoms with Crippen molar-refractivity contribution in [1.82, 2.24) is 9.78 Å². The lowest BCUT2D eigenvalue weighted by molar-refractivity contribution is 0.507. The fourth-order valence-electron chi connectivity index (χ4n) is 1.30. The molecule has 2 heterocycles. The van der Waals surface area contributed by atoms with E-state index in [2.05, 4.69) is 21.0 Å². The Morgan fingerprint density at radius 1 is 1.57 bits per heavy atom. The van der Waals surface area contributed by atoms with Crippen LogP contribution in [0.1, 0.15) is 19.9 Å². The van der Waals surface area contributed by atoms with Gasteiger partial charge in [0.05, 0.1) is 22.3 Å². The van der Waals surface area contributed by atoms with E-state index in [1.807, 2.05) is 19.2 Å². The lowest BCUT2D eigenvalue weighted by Gasteiger charge is -2.07. The number of rotatable bonds is 1. The minimum Gasteiger partial charge on any atom is -0.267 e. The molecule has 0 aliphatic rings. The highest BCUT2D eigenvalue weighted by atomic mass is 79.9. The summed E-state index contributed by atoms with van der Waals surface area (Å²) < 4.78 is 3.29. The molecule has 0 amide bonds. The maximum atomic E-state index is 11.9. The van der Waals surface area contributed by atoms with Gasteiger partial charge in [-0.3, -0.25) is 4.79 Å². The van der Waals surface area contributed by atoms with Gasteiger partial charge in [-0.15, -0.1) is 11.3 Å². The van der Waals surface area contributed by atoms with Crippen LogP contribution in [0.25, 0.3) is 10.1 Å². The highest BCUT2D eigenvalue weighted by Gasteiger charge is 2.10. The molecule has 0 aliphatic carbocycles. The Bertz CT molecular complexity index is 529. The van der Waals surface area contributed by atoms with Gasteiger partial charge in [-0.25, -0.2) is 4.68 Å². The molecule has 0 N–H and O–H groups in total. The molecular formula is C9H9BrN2OS. The van der Waals surface area contributed by atoms with Crippen LogP contribution in [0.3, 0.4) is 0 Å². The van der Waals surface area contributed by atoms with Gasteiger partial charge < -0.3 is 0 Å². The van der Waals surface area contributed by atoms with Crippen LogP contribution in [0.5, 0.6) is 0 Å². The third kappa shape index (κ3) is 1.40. The van der Waals surface area contributed by atoms with Crippen LogP contribution in [0.2, 0.25) is 0 Å². The fourth-order valence-corrected chi connectivity index (χ4v) is 2.87. The van der Waals surface area contributed by atoms with Crippen molar-refractivity contribution in [2.24, 2.45) is 0 Å². The molecular weight excluding hydrogens is 264 g/mol. The van der Waals surface area contributed by atoms with Crippen LogP contribution in [0.15, 0.2) is 20.8 Å². The average Bonchev–Trinajstić information content (AvgIpc) is 2.48. The van der Waals surface area contributed by atoms with Gasteiger partial charge in [0.25, 0.3) is 5.56 Å². The first kappa shape index (κ1) is 9.86. The Morgan fingerprint density at radius 2 is 2.29 bits per heavy atom. The highest BCUT2D eigenvalue weighted by Crippen LogP contribution is 2.26. The average molecular weight is 273 g/mol. The molecule has 0 bridgehead atoms. The number of hydrogen-bond acceptors (Lipinski definition) is 3. The molecule has 0 aliphatic heterocycles. The van der Waals surface area contributed by atoms with Crippen LogP contribution < -0.4 is 5.56 Å². The minimum atomic E-state index is -0.0226. The Balaban J connectivity index is 2.86. The number of thiophene rings is 1. The summed E-state index contributed by atoms with van der Waals surface area (Å²) in [4.78, 5) is 11.9. The smallest absolute Gasteiger partial charge is 0.267 e. The third-order valence-corrected chi connectivity index (χ3v) is 3.83. The molecule has 0 unspecified atom stereocenters. The van der Waals surface area contributed by atoms with E-state index in [1.165, 1.54) is 16.0 Å². The van der Waals surface area contributed by atoms with E-state index < -0.39 is 0 Å². The van der Waals surface area contributed by atoms with Gasteiger partial charge in [0.15, 0.2) is 0 Å². The van der Waals surface area contributed by atoms with Crippen molar-refractivity contribution in [2.75, 3.05) is 0 Å². The summed E-state index contributed by atoms with van der Waals surface area (Å²) >= 11 is 4.90. The second-order valence-corrected chi connectivity index (χ2v) is 5.08. The lowest BCUT2D eigenvalue weighted by atomic mass is 10.3. The molecule has 0 aromatic carbocycles. The summed E-state index contributed by atoms with van der Waals surface area (Å²) in [5, 5.41) is 6.76. The molecule has 5 heteroatoms. The number of nitrogens with zero attached hydrogens (tertiary/aromatic N) is 2. The monoisotopic (exact) mass is 272 g/mol. The van der Waals surface area contributed by atoms with Crippen LogP contribution in [-0.4, -0.2) is 9.78 Å². The molecule has 0 saturated carbocycles. The Morgan fingerprint density at radius 3 is 2.93 bits per heavy atom. The topological polar surface area (TPSA) is 34.9 Å². The Labute approximate surface area is 93.5 Å². The zero-order valence-electron chi connectivity index (χ0n) is 7.82. The summed E-state index contributed by atoms with van der Waals surface area (Å²) in [6.07, 6.45) is 1.74. The van der Waals surface area contributed by atoms with E-state index in [0.717, 1.165) is 14.6 Å². The zero-order chi connectivity index (χ0) is 10.3. The van der Waals surface area contributed by atoms with Crippen LogP contribution in [0.4, 0.5) is 0 Å². The largest absolute Gasteiger partial charge is 0.276 e. The molecule has 74 valence electrons. The van der Waals surface area contributed by atoms with E-state index in [4.69, 9.17) is 0 Å².